The molecule has 0 saturated carbocycles. The summed E-state index contributed by atoms with van der Waals surface area (Å²) in [4.78, 5) is 11.6. The molecule has 0 spiro atoms. The van der Waals surface area contributed by atoms with Gasteiger partial charge < -0.3 is 25.4 Å². The highest BCUT2D eigenvalue weighted by Gasteiger charge is 2.43. The number of fused-ring (bicyclic) bond motifs is 13. The van der Waals surface area contributed by atoms with Gasteiger partial charge in [0, 0.05) is 66.7 Å². The fourth-order valence-electron chi connectivity index (χ4n) is 10.6. The number of hydrogen-bond acceptors (Lipinski definition) is 4. The van der Waals surface area contributed by atoms with Gasteiger partial charge in [0.15, 0.2) is 0 Å². The van der Waals surface area contributed by atoms with E-state index in [4.69, 9.17) is 15.1 Å². The van der Waals surface area contributed by atoms with Gasteiger partial charge in [0.1, 0.15) is 23.2 Å². The quantitative estimate of drug-likeness (QED) is 0.115. The zero-order valence-electron chi connectivity index (χ0n) is 34.7. The first kappa shape index (κ1) is 36.5. The molecule has 4 N–H and O–H groups in total. The SMILES string of the molecule is NC(/N=C(\Nc1ccccc1)c1ccc(N2c3ccccc3C3c4ccccc4C(c4cccc5c4[nH]c4ccc6ccccc6c45)=CC32)cc1)c1cccc2c1oc1ccccc12. The van der Waals surface area contributed by atoms with Crippen LogP contribution in [0, 0.1) is 0 Å². The van der Waals surface area contributed by atoms with Gasteiger partial charge in [-0.05, 0) is 87.6 Å². The van der Waals surface area contributed by atoms with Crippen molar-refractivity contribution in [2.45, 2.75) is 18.1 Å². The summed E-state index contributed by atoms with van der Waals surface area (Å²) in [6.07, 6.45) is 1.83. The van der Waals surface area contributed by atoms with Crippen LogP contribution >= 0.6 is 0 Å². The van der Waals surface area contributed by atoms with Crippen molar-refractivity contribution < 1.29 is 4.42 Å². The molecule has 9 aromatic carbocycles. The Morgan fingerprint density at radius 1 is 0.609 bits per heavy atom. The fraction of sp³-hybridized carbons (Fsp3) is 0.0517. The number of H-pyrrole nitrogens is 1. The number of nitrogens with zero attached hydrogens (tertiary/aromatic N) is 2. The summed E-state index contributed by atoms with van der Waals surface area (Å²) in [6, 6.07) is 70.9. The van der Waals surface area contributed by atoms with Gasteiger partial charge in [0.05, 0.1) is 11.6 Å². The minimum Gasteiger partial charge on any atom is -0.456 e. The lowest BCUT2D eigenvalue weighted by atomic mass is 9.76. The predicted molar refractivity (Wildman–Crippen MR) is 265 cm³/mol. The van der Waals surface area contributed by atoms with Crippen molar-refractivity contribution in [2.24, 2.45) is 10.7 Å². The lowest BCUT2D eigenvalue weighted by Gasteiger charge is -2.34. The van der Waals surface area contributed by atoms with Crippen LogP contribution in [0.3, 0.4) is 0 Å². The molecule has 64 heavy (non-hydrogen) atoms. The Balaban J connectivity index is 0.927. The van der Waals surface area contributed by atoms with Gasteiger partial charge in [-0.3, -0.25) is 0 Å². The molecule has 3 heterocycles. The number of para-hydroxylation sites is 5. The van der Waals surface area contributed by atoms with Gasteiger partial charge in [-0.25, -0.2) is 4.99 Å². The number of rotatable bonds is 6. The number of benzene rings is 9. The molecule has 3 unspecified atom stereocenters. The van der Waals surface area contributed by atoms with Crippen molar-refractivity contribution in [1.29, 1.82) is 0 Å². The molecule has 2 aromatic heterocycles. The third-order valence-electron chi connectivity index (χ3n) is 13.4. The molecule has 0 radical (unpaired) electrons. The normalized spacial score (nSPS) is 16.3. The van der Waals surface area contributed by atoms with Gasteiger partial charge in [-0.15, -0.1) is 0 Å². The van der Waals surface area contributed by atoms with E-state index in [-0.39, 0.29) is 12.0 Å². The van der Waals surface area contributed by atoms with Crippen LogP contribution < -0.4 is 16.0 Å². The minimum atomic E-state index is -0.687. The largest absolute Gasteiger partial charge is 0.456 e. The molecule has 1 aliphatic heterocycles. The molecule has 11 aromatic rings. The third-order valence-corrected chi connectivity index (χ3v) is 13.4. The summed E-state index contributed by atoms with van der Waals surface area (Å²) in [5.41, 5.74) is 22.3. The summed E-state index contributed by atoms with van der Waals surface area (Å²) in [5, 5.41) is 10.7. The van der Waals surface area contributed by atoms with E-state index < -0.39 is 6.17 Å². The molecular weight excluding hydrogens is 783 g/mol. The fourth-order valence-corrected chi connectivity index (χ4v) is 10.6. The topological polar surface area (TPSA) is 82.6 Å². The van der Waals surface area contributed by atoms with Crippen LogP contribution in [-0.4, -0.2) is 16.9 Å². The lowest BCUT2D eigenvalue weighted by Crippen LogP contribution is -2.31. The summed E-state index contributed by atoms with van der Waals surface area (Å²) in [5.74, 6) is 0.823. The number of furan rings is 1. The molecule has 13 rings (SSSR count). The van der Waals surface area contributed by atoms with Crippen molar-refractivity contribution in [3.8, 4) is 0 Å². The number of aromatic amines is 1. The molecule has 1 aliphatic carbocycles. The maximum absolute atomic E-state index is 7.01. The van der Waals surface area contributed by atoms with Crippen molar-refractivity contribution >= 4 is 83.0 Å². The summed E-state index contributed by atoms with van der Waals surface area (Å²) >= 11 is 0. The number of hydrogen-bond donors (Lipinski definition) is 3. The average molecular weight is 824 g/mol. The van der Waals surface area contributed by atoms with E-state index in [9.17, 15) is 0 Å². The van der Waals surface area contributed by atoms with E-state index in [0.29, 0.717) is 5.84 Å². The molecule has 0 fully saturated rings. The molecular formula is C58H41N5O. The van der Waals surface area contributed by atoms with Crippen molar-refractivity contribution in [2.75, 3.05) is 10.2 Å². The molecule has 0 amide bonds. The Morgan fingerprint density at radius 2 is 1.31 bits per heavy atom. The molecule has 2 aliphatic rings. The van der Waals surface area contributed by atoms with E-state index in [1.54, 1.807) is 0 Å². The number of anilines is 3. The number of aliphatic imine (C=N–C) groups is 1. The highest BCUT2D eigenvalue weighted by Crippen LogP contribution is 2.54. The van der Waals surface area contributed by atoms with Crippen LogP contribution in [0.2, 0.25) is 0 Å². The lowest BCUT2D eigenvalue weighted by molar-refractivity contribution is 0.650. The van der Waals surface area contributed by atoms with E-state index in [0.717, 1.165) is 55.5 Å². The smallest absolute Gasteiger partial charge is 0.142 e. The maximum Gasteiger partial charge on any atom is 0.142 e. The molecule has 0 saturated heterocycles. The number of aromatic nitrogens is 1. The summed E-state index contributed by atoms with van der Waals surface area (Å²) in [6.45, 7) is 0. The number of nitrogens with two attached hydrogens (primary N) is 1. The first-order valence-electron chi connectivity index (χ1n) is 21.9. The molecule has 6 nitrogen and oxygen atoms in total. The van der Waals surface area contributed by atoms with Crippen LogP contribution in [-0.2, 0) is 0 Å². The zero-order valence-corrected chi connectivity index (χ0v) is 34.7. The molecule has 3 atom stereocenters. The van der Waals surface area contributed by atoms with Crippen LogP contribution in [0.4, 0.5) is 17.1 Å². The third kappa shape index (κ3) is 5.66. The first-order chi connectivity index (χ1) is 31.7. The van der Waals surface area contributed by atoms with E-state index in [2.05, 4.69) is 161 Å². The van der Waals surface area contributed by atoms with Gasteiger partial charge in [0.2, 0.25) is 0 Å². The van der Waals surface area contributed by atoms with E-state index in [1.165, 1.54) is 55.1 Å². The summed E-state index contributed by atoms with van der Waals surface area (Å²) < 4.78 is 6.38. The van der Waals surface area contributed by atoms with E-state index >= 15 is 0 Å². The van der Waals surface area contributed by atoms with Crippen molar-refractivity contribution in [1.82, 2.24) is 4.98 Å². The highest BCUT2D eigenvalue weighted by atomic mass is 16.3. The van der Waals surface area contributed by atoms with Crippen LogP contribution in [0.1, 0.15) is 45.5 Å². The van der Waals surface area contributed by atoms with Gasteiger partial charge in [0.25, 0.3) is 0 Å². The van der Waals surface area contributed by atoms with Crippen molar-refractivity contribution in [3.63, 3.8) is 0 Å². The second-order valence-electron chi connectivity index (χ2n) is 16.9. The van der Waals surface area contributed by atoms with Crippen LogP contribution in [0.5, 0.6) is 0 Å². The minimum absolute atomic E-state index is 0.0296. The molecule has 0 bridgehead atoms. The van der Waals surface area contributed by atoms with E-state index in [1.807, 2.05) is 60.7 Å². The van der Waals surface area contributed by atoms with Crippen LogP contribution in [0.15, 0.2) is 216 Å². The Hall–Kier alpha value is -8.19. The standard InChI is InChI=1S/C58H41N5O/c59-57(47-25-13-23-44-41-19-9-11-27-52(41)64-56(44)47)62-58(60-37-15-2-1-3-16-37)36-28-31-38(32-29-36)63-50-26-10-8-21-45(50)54-42-20-7-6-18-40(42)48(34-51(54)63)43-22-12-24-46-53-39-17-5-4-14-35(39)30-33-49(53)61-55(43)46/h1-34,51,54,57,61H,59H2,(H,60,62). The highest BCUT2D eigenvalue weighted by molar-refractivity contribution is 6.22. The second-order valence-corrected chi connectivity index (χ2v) is 16.9. The Bertz CT molecular complexity index is 3690. The monoisotopic (exact) mass is 823 g/mol. The Labute approximate surface area is 369 Å². The predicted octanol–water partition coefficient (Wildman–Crippen LogP) is 14.0. The second kappa shape index (κ2) is 14.4. The van der Waals surface area contributed by atoms with Gasteiger partial charge in [-0.2, -0.15) is 0 Å². The Kier molecular flexibility index (Phi) is 8.23. The first-order valence-corrected chi connectivity index (χ1v) is 21.9. The summed E-state index contributed by atoms with van der Waals surface area (Å²) in [7, 11) is 0. The number of amidine groups is 1. The van der Waals surface area contributed by atoms with Crippen LogP contribution in [0.25, 0.3) is 60.1 Å². The zero-order chi connectivity index (χ0) is 42.3. The molecule has 304 valence electrons. The molecule has 6 heteroatoms. The van der Waals surface area contributed by atoms with Gasteiger partial charge in [-0.1, -0.05) is 152 Å². The van der Waals surface area contributed by atoms with Gasteiger partial charge >= 0.3 is 0 Å². The number of nitrogens with one attached hydrogen (secondary N) is 2. The average Bonchev–Trinajstić information content (AvgIpc) is 4.04. The Morgan fingerprint density at radius 3 is 2.20 bits per heavy atom. The van der Waals surface area contributed by atoms with Crippen molar-refractivity contribution in [3.05, 3.63) is 240 Å². The maximum atomic E-state index is 7.01.